The third-order valence-electron chi connectivity index (χ3n) is 2.67. The third kappa shape index (κ3) is 3.30. The van der Waals surface area contributed by atoms with Gasteiger partial charge in [-0.05, 0) is 36.8 Å². The lowest BCUT2D eigenvalue weighted by Gasteiger charge is -2.10. The molecule has 0 saturated carbocycles. The molecular formula is C15H14N2O2. The molecule has 2 rings (SSSR count). The fourth-order valence-corrected chi connectivity index (χ4v) is 1.73. The van der Waals surface area contributed by atoms with E-state index in [0.29, 0.717) is 23.6 Å². The van der Waals surface area contributed by atoms with Crippen molar-refractivity contribution in [3.63, 3.8) is 0 Å². The Balaban J connectivity index is 2.12. The maximum atomic E-state index is 9.24. The molecule has 0 bridgehead atoms. The fourth-order valence-electron chi connectivity index (χ4n) is 1.73. The van der Waals surface area contributed by atoms with Crippen LogP contribution in [0.15, 0.2) is 36.4 Å². The smallest absolute Gasteiger partial charge is 0.143 e. The van der Waals surface area contributed by atoms with E-state index in [1.807, 2.05) is 25.1 Å². The van der Waals surface area contributed by atoms with E-state index in [0.717, 1.165) is 11.3 Å². The van der Waals surface area contributed by atoms with Crippen molar-refractivity contribution in [3.05, 3.63) is 58.9 Å². The number of aliphatic hydroxyl groups excluding tert-OH is 1. The SMILES string of the molecule is Cc1ccc(OCc2cccc(C#N)c2)c(CO)n1. The van der Waals surface area contributed by atoms with Gasteiger partial charge < -0.3 is 9.84 Å². The number of aromatic nitrogens is 1. The molecule has 1 N–H and O–H groups in total. The number of ether oxygens (including phenoxy) is 1. The summed E-state index contributed by atoms with van der Waals surface area (Å²) in [6.07, 6.45) is 0. The Labute approximate surface area is 111 Å². The maximum Gasteiger partial charge on any atom is 0.143 e. The van der Waals surface area contributed by atoms with Crippen molar-refractivity contribution in [2.75, 3.05) is 0 Å². The zero-order chi connectivity index (χ0) is 13.7. The Morgan fingerprint density at radius 2 is 2.16 bits per heavy atom. The predicted molar refractivity (Wildman–Crippen MR) is 70.4 cm³/mol. The number of hydrogen-bond donors (Lipinski definition) is 1. The van der Waals surface area contributed by atoms with Crippen LogP contribution < -0.4 is 4.74 Å². The van der Waals surface area contributed by atoms with Gasteiger partial charge in [0.05, 0.1) is 18.2 Å². The lowest BCUT2D eigenvalue weighted by molar-refractivity contribution is 0.253. The van der Waals surface area contributed by atoms with Crippen LogP contribution in [0.2, 0.25) is 0 Å². The van der Waals surface area contributed by atoms with Crippen LogP contribution in [0.25, 0.3) is 0 Å². The minimum Gasteiger partial charge on any atom is -0.487 e. The van der Waals surface area contributed by atoms with Gasteiger partial charge in [0, 0.05) is 5.69 Å². The van der Waals surface area contributed by atoms with Crippen LogP contribution in [0.1, 0.15) is 22.5 Å². The molecule has 0 aliphatic carbocycles. The molecule has 0 spiro atoms. The Morgan fingerprint density at radius 3 is 2.89 bits per heavy atom. The van der Waals surface area contributed by atoms with E-state index in [9.17, 15) is 5.11 Å². The first-order valence-electron chi connectivity index (χ1n) is 5.92. The van der Waals surface area contributed by atoms with Gasteiger partial charge in [-0.2, -0.15) is 5.26 Å². The van der Waals surface area contributed by atoms with Crippen molar-refractivity contribution in [2.24, 2.45) is 0 Å². The first kappa shape index (κ1) is 13.1. The van der Waals surface area contributed by atoms with Gasteiger partial charge in [0.15, 0.2) is 0 Å². The molecule has 0 unspecified atom stereocenters. The van der Waals surface area contributed by atoms with E-state index < -0.39 is 0 Å². The second-order valence-electron chi connectivity index (χ2n) is 4.16. The van der Waals surface area contributed by atoms with Gasteiger partial charge in [-0.25, -0.2) is 0 Å². The molecule has 19 heavy (non-hydrogen) atoms. The summed E-state index contributed by atoms with van der Waals surface area (Å²) in [6, 6.07) is 12.9. The van der Waals surface area contributed by atoms with Crippen molar-refractivity contribution < 1.29 is 9.84 Å². The lowest BCUT2D eigenvalue weighted by Crippen LogP contribution is -2.01. The second-order valence-corrected chi connectivity index (χ2v) is 4.16. The summed E-state index contributed by atoms with van der Waals surface area (Å²) in [4.78, 5) is 4.21. The summed E-state index contributed by atoms with van der Waals surface area (Å²) in [5, 5.41) is 18.1. The molecule has 1 heterocycles. The molecule has 0 saturated heterocycles. The summed E-state index contributed by atoms with van der Waals surface area (Å²) in [5.41, 5.74) is 2.87. The summed E-state index contributed by atoms with van der Waals surface area (Å²) >= 11 is 0. The quantitative estimate of drug-likeness (QED) is 0.909. The van der Waals surface area contributed by atoms with E-state index in [4.69, 9.17) is 10.00 Å². The zero-order valence-corrected chi connectivity index (χ0v) is 10.6. The molecule has 2 aromatic rings. The molecule has 96 valence electrons. The van der Waals surface area contributed by atoms with Crippen molar-refractivity contribution in [1.82, 2.24) is 4.98 Å². The first-order valence-corrected chi connectivity index (χ1v) is 5.92. The van der Waals surface area contributed by atoms with E-state index in [2.05, 4.69) is 11.1 Å². The average Bonchev–Trinajstić information content (AvgIpc) is 2.46. The molecular weight excluding hydrogens is 240 g/mol. The van der Waals surface area contributed by atoms with Crippen LogP contribution in [-0.2, 0) is 13.2 Å². The minimum absolute atomic E-state index is 0.157. The molecule has 4 nitrogen and oxygen atoms in total. The molecule has 4 heteroatoms. The Hall–Kier alpha value is -2.38. The normalized spacial score (nSPS) is 9.95. The summed E-state index contributed by atoms with van der Waals surface area (Å²) in [5.74, 6) is 0.565. The van der Waals surface area contributed by atoms with Crippen molar-refractivity contribution in [3.8, 4) is 11.8 Å². The lowest BCUT2D eigenvalue weighted by atomic mass is 10.1. The topological polar surface area (TPSA) is 66.1 Å². The van der Waals surface area contributed by atoms with Crippen LogP contribution in [0.5, 0.6) is 5.75 Å². The number of nitrogens with zero attached hydrogens (tertiary/aromatic N) is 2. The largest absolute Gasteiger partial charge is 0.487 e. The monoisotopic (exact) mass is 254 g/mol. The number of aliphatic hydroxyl groups is 1. The molecule has 0 radical (unpaired) electrons. The second kappa shape index (κ2) is 5.98. The highest BCUT2D eigenvalue weighted by atomic mass is 16.5. The van der Waals surface area contributed by atoms with Gasteiger partial charge in [0.2, 0.25) is 0 Å². The number of nitriles is 1. The minimum atomic E-state index is -0.157. The molecule has 0 aliphatic heterocycles. The molecule has 0 fully saturated rings. The summed E-state index contributed by atoms with van der Waals surface area (Å²) < 4.78 is 5.64. The van der Waals surface area contributed by atoms with Crippen molar-refractivity contribution in [1.29, 1.82) is 5.26 Å². The number of pyridine rings is 1. The van der Waals surface area contributed by atoms with Crippen LogP contribution in [-0.4, -0.2) is 10.1 Å². The number of benzene rings is 1. The number of aryl methyl sites for hydroxylation is 1. The van der Waals surface area contributed by atoms with Crippen LogP contribution in [0, 0.1) is 18.3 Å². The van der Waals surface area contributed by atoms with Crippen molar-refractivity contribution >= 4 is 0 Å². The van der Waals surface area contributed by atoms with Gasteiger partial charge >= 0.3 is 0 Å². The fraction of sp³-hybridized carbons (Fsp3) is 0.200. The Kier molecular flexibility index (Phi) is 4.11. The van der Waals surface area contributed by atoms with Gasteiger partial charge in [-0.15, -0.1) is 0 Å². The predicted octanol–water partition coefficient (Wildman–Crippen LogP) is 2.33. The highest BCUT2D eigenvalue weighted by Crippen LogP contribution is 2.18. The van der Waals surface area contributed by atoms with Crippen LogP contribution in [0.3, 0.4) is 0 Å². The molecule has 1 aromatic carbocycles. The van der Waals surface area contributed by atoms with Gasteiger partial charge in [0.25, 0.3) is 0 Å². The molecule has 0 aliphatic rings. The van der Waals surface area contributed by atoms with Crippen LogP contribution >= 0.6 is 0 Å². The molecule has 1 aromatic heterocycles. The molecule has 0 atom stereocenters. The Morgan fingerprint density at radius 1 is 1.32 bits per heavy atom. The van der Waals surface area contributed by atoms with Crippen LogP contribution in [0.4, 0.5) is 0 Å². The number of hydrogen-bond acceptors (Lipinski definition) is 4. The molecule has 0 amide bonds. The zero-order valence-electron chi connectivity index (χ0n) is 10.6. The number of rotatable bonds is 4. The van der Waals surface area contributed by atoms with Gasteiger partial charge in [-0.1, -0.05) is 12.1 Å². The van der Waals surface area contributed by atoms with Gasteiger partial charge in [-0.3, -0.25) is 4.98 Å². The summed E-state index contributed by atoms with van der Waals surface area (Å²) in [6.45, 7) is 2.04. The first-order chi connectivity index (χ1) is 9.22. The Bertz CT molecular complexity index is 618. The highest BCUT2D eigenvalue weighted by Gasteiger charge is 2.05. The standard InChI is InChI=1S/C15H14N2O2/c1-11-5-6-15(14(9-18)17-11)19-10-13-4-2-3-12(7-13)8-16/h2-7,18H,9-10H2,1H3. The average molecular weight is 254 g/mol. The van der Waals surface area contributed by atoms with E-state index in [1.54, 1.807) is 18.2 Å². The van der Waals surface area contributed by atoms with E-state index >= 15 is 0 Å². The van der Waals surface area contributed by atoms with E-state index in [1.165, 1.54) is 0 Å². The maximum absolute atomic E-state index is 9.24. The summed E-state index contributed by atoms with van der Waals surface area (Å²) in [7, 11) is 0. The highest BCUT2D eigenvalue weighted by molar-refractivity contribution is 5.33. The van der Waals surface area contributed by atoms with Gasteiger partial charge in [0.1, 0.15) is 18.1 Å². The van der Waals surface area contributed by atoms with Crippen molar-refractivity contribution in [2.45, 2.75) is 20.1 Å². The van der Waals surface area contributed by atoms with E-state index in [-0.39, 0.29) is 6.61 Å². The third-order valence-corrected chi connectivity index (χ3v) is 2.67.